The van der Waals surface area contributed by atoms with E-state index in [1.54, 1.807) is 0 Å². The van der Waals surface area contributed by atoms with Crippen LogP contribution >= 0.6 is 0 Å². The molecule has 0 spiro atoms. The summed E-state index contributed by atoms with van der Waals surface area (Å²) in [6.07, 6.45) is 1.09. The van der Waals surface area contributed by atoms with Crippen molar-refractivity contribution in [3.8, 4) is 0 Å². The van der Waals surface area contributed by atoms with Crippen molar-refractivity contribution in [3.63, 3.8) is 0 Å². The van der Waals surface area contributed by atoms with Crippen molar-refractivity contribution in [3.05, 3.63) is 71.8 Å². The third-order valence-electron chi connectivity index (χ3n) is 3.71. The normalized spacial score (nSPS) is 12.6. The fraction of sp³-hybridized carbons (Fsp3) is 0.333. The first-order chi connectivity index (χ1) is 9.81. The summed E-state index contributed by atoms with van der Waals surface area (Å²) in [6, 6.07) is 21.8. The number of nitrogens with one attached hydrogen (secondary N) is 1. The third-order valence-corrected chi connectivity index (χ3v) is 3.71. The van der Waals surface area contributed by atoms with Gasteiger partial charge in [0, 0.05) is 19.1 Å². The Balaban J connectivity index is 1.99. The standard InChI is InChI=1S/C18H24N2/c1-19-15-18(17-11-7-4-8-12-17)20(2)14-13-16-9-5-3-6-10-16/h3-12,18-19H,13-15H2,1-2H3. The van der Waals surface area contributed by atoms with E-state index >= 15 is 0 Å². The van der Waals surface area contributed by atoms with E-state index in [9.17, 15) is 0 Å². The minimum absolute atomic E-state index is 0.421. The Morgan fingerprint density at radius 3 is 2.15 bits per heavy atom. The van der Waals surface area contributed by atoms with Crippen LogP contribution in [-0.2, 0) is 6.42 Å². The molecule has 0 heterocycles. The number of hydrogen-bond acceptors (Lipinski definition) is 2. The second kappa shape index (κ2) is 7.83. The van der Waals surface area contributed by atoms with E-state index in [-0.39, 0.29) is 0 Å². The lowest BCUT2D eigenvalue weighted by Crippen LogP contribution is -2.33. The molecule has 0 aliphatic rings. The zero-order chi connectivity index (χ0) is 14.2. The number of likely N-dealkylation sites (N-methyl/N-ethyl adjacent to an activating group) is 2. The summed E-state index contributed by atoms with van der Waals surface area (Å²) >= 11 is 0. The summed E-state index contributed by atoms with van der Waals surface area (Å²) in [5.41, 5.74) is 2.77. The number of rotatable bonds is 7. The van der Waals surface area contributed by atoms with Crippen molar-refractivity contribution >= 4 is 0 Å². The molecule has 0 bridgehead atoms. The molecule has 2 heteroatoms. The van der Waals surface area contributed by atoms with Crippen LogP contribution < -0.4 is 5.32 Å². The van der Waals surface area contributed by atoms with E-state index in [0.29, 0.717) is 6.04 Å². The molecule has 1 N–H and O–H groups in total. The van der Waals surface area contributed by atoms with Crippen molar-refractivity contribution in [2.75, 3.05) is 27.2 Å². The summed E-state index contributed by atoms with van der Waals surface area (Å²) in [7, 11) is 4.22. The lowest BCUT2D eigenvalue weighted by Gasteiger charge is -2.28. The molecule has 0 amide bonds. The Labute approximate surface area is 122 Å². The summed E-state index contributed by atoms with van der Waals surface area (Å²) in [4.78, 5) is 2.43. The second-order valence-corrected chi connectivity index (χ2v) is 5.20. The molecule has 2 aromatic carbocycles. The van der Waals surface area contributed by atoms with E-state index in [4.69, 9.17) is 0 Å². The van der Waals surface area contributed by atoms with Gasteiger partial charge in [0.25, 0.3) is 0 Å². The van der Waals surface area contributed by atoms with Gasteiger partial charge in [0.15, 0.2) is 0 Å². The molecule has 1 unspecified atom stereocenters. The van der Waals surface area contributed by atoms with Gasteiger partial charge in [0.05, 0.1) is 0 Å². The first-order valence-corrected chi connectivity index (χ1v) is 7.25. The highest BCUT2D eigenvalue weighted by molar-refractivity contribution is 5.20. The fourth-order valence-corrected chi connectivity index (χ4v) is 2.50. The Morgan fingerprint density at radius 2 is 1.55 bits per heavy atom. The number of nitrogens with zero attached hydrogens (tertiary/aromatic N) is 1. The van der Waals surface area contributed by atoms with Crippen LogP contribution in [0, 0.1) is 0 Å². The molecule has 2 rings (SSSR count). The average molecular weight is 268 g/mol. The van der Waals surface area contributed by atoms with Crippen LogP contribution in [0.2, 0.25) is 0 Å². The number of hydrogen-bond donors (Lipinski definition) is 1. The van der Waals surface area contributed by atoms with Crippen molar-refractivity contribution in [1.29, 1.82) is 0 Å². The van der Waals surface area contributed by atoms with Crippen LogP contribution in [-0.4, -0.2) is 32.1 Å². The molecule has 0 fully saturated rings. The summed E-state index contributed by atoms with van der Waals surface area (Å²) in [6.45, 7) is 2.03. The summed E-state index contributed by atoms with van der Waals surface area (Å²) in [5, 5.41) is 3.30. The van der Waals surface area contributed by atoms with Crippen molar-refractivity contribution in [1.82, 2.24) is 10.2 Å². The lowest BCUT2D eigenvalue weighted by atomic mass is 10.0. The molecule has 20 heavy (non-hydrogen) atoms. The first kappa shape index (κ1) is 14.8. The Morgan fingerprint density at radius 1 is 0.950 bits per heavy atom. The molecular weight excluding hydrogens is 244 g/mol. The van der Waals surface area contributed by atoms with E-state index in [2.05, 4.69) is 77.9 Å². The topological polar surface area (TPSA) is 15.3 Å². The van der Waals surface area contributed by atoms with Gasteiger partial charge >= 0.3 is 0 Å². The maximum Gasteiger partial charge on any atom is 0.0469 e. The van der Waals surface area contributed by atoms with Gasteiger partial charge in [-0.25, -0.2) is 0 Å². The molecule has 2 aromatic rings. The van der Waals surface area contributed by atoms with Gasteiger partial charge in [-0.1, -0.05) is 60.7 Å². The summed E-state index contributed by atoms with van der Waals surface area (Å²) < 4.78 is 0. The van der Waals surface area contributed by atoms with E-state index < -0.39 is 0 Å². The highest BCUT2D eigenvalue weighted by Crippen LogP contribution is 2.18. The van der Waals surface area contributed by atoms with Crippen molar-refractivity contribution in [2.45, 2.75) is 12.5 Å². The Bertz CT molecular complexity index is 481. The van der Waals surface area contributed by atoms with E-state index in [0.717, 1.165) is 19.5 Å². The van der Waals surface area contributed by atoms with Crippen LogP contribution in [0.4, 0.5) is 0 Å². The quantitative estimate of drug-likeness (QED) is 0.830. The molecule has 0 radical (unpaired) electrons. The van der Waals surface area contributed by atoms with Gasteiger partial charge in [-0.2, -0.15) is 0 Å². The lowest BCUT2D eigenvalue weighted by molar-refractivity contribution is 0.244. The largest absolute Gasteiger partial charge is 0.318 e. The minimum atomic E-state index is 0.421. The molecule has 106 valence electrons. The van der Waals surface area contributed by atoms with Crippen LogP contribution in [0.25, 0.3) is 0 Å². The molecule has 2 nitrogen and oxygen atoms in total. The Kier molecular flexibility index (Phi) is 5.78. The smallest absolute Gasteiger partial charge is 0.0469 e. The van der Waals surface area contributed by atoms with Gasteiger partial charge in [-0.05, 0) is 31.6 Å². The first-order valence-electron chi connectivity index (χ1n) is 7.25. The molecule has 0 aliphatic heterocycles. The zero-order valence-electron chi connectivity index (χ0n) is 12.4. The molecule has 0 saturated heterocycles. The van der Waals surface area contributed by atoms with Crippen molar-refractivity contribution in [2.24, 2.45) is 0 Å². The van der Waals surface area contributed by atoms with Crippen LogP contribution in [0.3, 0.4) is 0 Å². The van der Waals surface area contributed by atoms with Crippen LogP contribution in [0.15, 0.2) is 60.7 Å². The highest BCUT2D eigenvalue weighted by Gasteiger charge is 2.15. The molecule has 0 aromatic heterocycles. The maximum atomic E-state index is 3.30. The zero-order valence-corrected chi connectivity index (χ0v) is 12.4. The molecule has 0 aliphatic carbocycles. The van der Waals surface area contributed by atoms with E-state index in [1.807, 2.05) is 7.05 Å². The molecule has 0 saturated carbocycles. The number of benzene rings is 2. The minimum Gasteiger partial charge on any atom is -0.318 e. The van der Waals surface area contributed by atoms with Crippen LogP contribution in [0.1, 0.15) is 17.2 Å². The summed E-state index contributed by atoms with van der Waals surface area (Å²) in [5.74, 6) is 0. The molecular formula is C18H24N2. The van der Waals surface area contributed by atoms with Crippen molar-refractivity contribution < 1.29 is 0 Å². The Hall–Kier alpha value is -1.64. The molecule has 1 atom stereocenters. The highest BCUT2D eigenvalue weighted by atomic mass is 15.1. The second-order valence-electron chi connectivity index (χ2n) is 5.20. The average Bonchev–Trinajstić information content (AvgIpc) is 2.52. The van der Waals surface area contributed by atoms with Gasteiger partial charge in [0.2, 0.25) is 0 Å². The maximum absolute atomic E-state index is 3.30. The SMILES string of the molecule is CNCC(c1ccccc1)N(C)CCc1ccccc1. The predicted octanol–water partition coefficient (Wildman–Crippen LogP) is 3.12. The van der Waals surface area contributed by atoms with Gasteiger partial charge < -0.3 is 5.32 Å². The van der Waals surface area contributed by atoms with Gasteiger partial charge in [0.1, 0.15) is 0 Å². The van der Waals surface area contributed by atoms with Gasteiger partial charge in [-0.3, -0.25) is 4.90 Å². The monoisotopic (exact) mass is 268 g/mol. The predicted molar refractivity (Wildman–Crippen MR) is 85.9 cm³/mol. The van der Waals surface area contributed by atoms with E-state index in [1.165, 1.54) is 11.1 Å². The van der Waals surface area contributed by atoms with Crippen LogP contribution in [0.5, 0.6) is 0 Å². The van der Waals surface area contributed by atoms with Gasteiger partial charge in [-0.15, -0.1) is 0 Å². The fourth-order valence-electron chi connectivity index (χ4n) is 2.50. The third kappa shape index (κ3) is 4.19.